The van der Waals surface area contributed by atoms with Crippen LogP contribution < -0.4 is 19.7 Å². The predicted octanol–water partition coefficient (Wildman–Crippen LogP) is 4.45. The van der Waals surface area contributed by atoms with Crippen LogP contribution in [0.1, 0.15) is 18.9 Å². The van der Waals surface area contributed by atoms with Crippen molar-refractivity contribution in [2.24, 2.45) is 0 Å². The molecule has 0 aromatic heterocycles. The molecular weight excluding hydrogens is 404 g/mol. The summed E-state index contributed by atoms with van der Waals surface area (Å²) in [5.41, 5.74) is 2.37. The van der Waals surface area contributed by atoms with E-state index in [1.807, 2.05) is 60.7 Å². The van der Waals surface area contributed by atoms with Gasteiger partial charge in [-0.2, -0.15) is 0 Å². The first-order valence-corrected chi connectivity index (χ1v) is 10.7. The van der Waals surface area contributed by atoms with Crippen molar-refractivity contribution in [2.45, 2.75) is 25.9 Å². The highest BCUT2D eigenvalue weighted by molar-refractivity contribution is 6.01. The van der Waals surface area contributed by atoms with Crippen molar-refractivity contribution < 1.29 is 19.1 Å². The molecule has 3 aromatic rings. The lowest BCUT2D eigenvalue weighted by atomic mass is 10.1. The minimum atomic E-state index is -0.578. The predicted molar refractivity (Wildman–Crippen MR) is 124 cm³/mol. The molecule has 32 heavy (non-hydrogen) atoms. The lowest BCUT2D eigenvalue weighted by molar-refractivity contribution is -0.125. The standard InChI is InChI=1S/C26H26N2O4/c1-19-26(30)28(16-17-31-22-10-6-3-7-11-22)23-18-21(13-14-24(23)32-19)27-25(29)15-12-20-8-4-2-5-9-20/h2-11,13-14,18-19H,12,15-17H2,1H3,(H,27,29). The summed E-state index contributed by atoms with van der Waals surface area (Å²) in [5.74, 6) is 1.14. The molecule has 1 aliphatic rings. The summed E-state index contributed by atoms with van der Waals surface area (Å²) in [7, 11) is 0. The van der Waals surface area contributed by atoms with Gasteiger partial charge in [-0.25, -0.2) is 0 Å². The number of fused-ring (bicyclic) bond motifs is 1. The van der Waals surface area contributed by atoms with Crippen molar-refractivity contribution in [2.75, 3.05) is 23.4 Å². The summed E-state index contributed by atoms with van der Waals surface area (Å²) in [5, 5.41) is 2.93. The van der Waals surface area contributed by atoms with Gasteiger partial charge in [0.1, 0.15) is 18.1 Å². The summed E-state index contributed by atoms with van der Waals surface area (Å²) in [4.78, 5) is 26.9. The normalized spacial score (nSPS) is 15.0. The van der Waals surface area contributed by atoms with Crippen LogP contribution in [0.3, 0.4) is 0 Å². The van der Waals surface area contributed by atoms with Crippen molar-refractivity contribution in [3.63, 3.8) is 0 Å². The molecule has 164 valence electrons. The number of carbonyl (C=O) groups excluding carboxylic acids is 2. The molecule has 4 rings (SSSR count). The minimum absolute atomic E-state index is 0.0795. The van der Waals surface area contributed by atoms with Crippen LogP contribution in [-0.2, 0) is 16.0 Å². The maximum Gasteiger partial charge on any atom is 0.267 e. The van der Waals surface area contributed by atoms with E-state index in [-0.39, 0.29) is 11.8 Å². The number of nitrogens with zero attached hydrogens (tertiary/aromatic N) is 1. The third-order valence-corrected chi connectivity index (χ3v) is 5.26. The van der Waals surface area contributed by atoms with E-state index >= 15 is 0 Å². The van der Waals surface area contributed by atoms with E-state index in [1.165, 1.54) is 0 Å². The Morgan fingerprint density at radius 3 is 2.50 bits per heavy atom. The topological polar surface area (TPSA) is 67.9 Å². The molecule has 6 nitrogen and oxygen atoms in total. The summed E-state index contributed by atoms with van der Waals surface area (Å²) >= 11 is 0. The van der Waals surface area contributed by atoms with Gasteiger partial charge in [0.05, 0.1) is 12.2 Å². The Morgan fingerprint density at radius 1 is 1.03 bits per heavy atom. The summed E-state index contributed by atoms with van der Waals surface area (Å²) in [6.45, 7) is 2.45. The number of anilines is 2. The molecule has 0 bridgehead atoms. The molecule has 1 unspecified atom stereocenters. The molecule has 0 spiro atoms. The summed E-state index contributed by atoms with van der Waals surface area (Å²) < 4.78 is 11.5. The third kappa shape index (κ3) is 5.27. The number of nitrogens with one attached hydrogen (secondary N) is 1. The van der Waals surface area contributed by atoms with Crippen LogP contribution in [0, 0.1) is 0 Å². The van der Waals surface area contributed by atoms with Crippen molar-refractivity contribution in [1.29, 1.82) is 0 Å². The van der Waals surface area contributed by atoms with Gasteiger partial charge >= 0.3 is 0 Å². The monoisotopic (exact) mass is 430 g/mol. The van der Waals surface area contributed by atoms with E-state index in [9.17, 15) is 9.59 Å². The first kappa shape index (κ1) is 21.4. The van der Waals surface area contributed by atoms with Crippen LogP contribution in [0.15, 0.2) is 78.9 Å². The fourth-order valence-corrected chi connectivity index (χ4v) is 3.61. The molecule has 1 heterocycles. The molecule has 0 saturated carbocycles. The number of amides is 2. The van der Waals surface area contributed by atoms with Gasteiger partial charge in [0, 0.05) is 12.1 Å². The van der Waals surface area contributed by atoms with Crippen LogP contribution in [0.5, 0.6) is 11.5 Å². The number of aryl methyl sites for hydroxylation is 1. The highest BCUT2D eigenvalue weighted by Crippen LogP contribution is 2.36. The lowest BCUT2D eigenvalue weighted by Gasteiger charge is -2.33. The summed E-state index contributed by atoms with van der Waals surface area (Å²) in [6, 6.07) is 24.7. The number of benzene rings is 3. The molecule has 0 aliphatic carbocycles. The van der Waals surface area contributed by atoms with Crippen LogP contribution in [0.2, 0.25) is 0 Å². The molecule has 6 heteroatoms. The van der Waals surface area contributed by atoms with Gasteiger partial charge in [0.25, 0.3) is 5.91 Å². The number of para-hydroxylation sites is 1. The molecule has 1 N–H and O–H groups in total. The first-order chi connectivity index (χ1) is 15.6. The fraction of sp³-hybridized carbons (Fsp3) is 0.231. The Hall–Kier alpha value is -3.80. The Kier molecular flexibility index (Phi) is 6.70. The van der Waals surface area contributed by atoms with Gasteiger partial charge in [0.2, 0.25) is 5.91 Å². The second-order valence-electron chi connectivity index (χ2n) is 7.63. The number of hydrogen-bond acceptors (Lipinski definition) is 4. The van der Waals surface area contributed by atoms with E-state index in [4.69, 9.17) is 9.47 Å². The van der Waals surface area contributed by atoms with Crippen molar-refractivity contribution in [3.05, 3.63) is 84.4 Å². The zero-order valence-electron chi connectivity index (χ0n) is 18.0. The Morgan fingerprint density at radius 2 is 1.75 bits per heavy atom. The van der Waals surface area contributed by atoms with Crippen molar-refractivity contribution in [3.8, 4) is 11.5 Å². The molecule has 0 fully saturated rings. The molecule has 3 aromatic carbocycles. The van der Waals surface area contributed by atoms with E-state index in [0.717, 1.165) is 11.3 Å². The van der Waals surface area contributed by atoms with Gasteiger partial charge in [-0.1, -0.05) is 48.5 Å². The molecule has 1 aliphatic heterocycles. The molecule has 1 atom stereocenters. The number of rotatable bonds is 8. The van der Waals surface area contributed by atoms with Gasteiger partial charge in [-0.3, -0.25) is 9.59 Å². The Labute approximate surface area is 187 Å². The average Bonchev–Trinajstić information content (AvgIpc) is 2.82. The highest BCUT2D eigenvalue weighted by Gasteiger charge is 2.31. The van der Waals surface area contributed by atoms with Gasteiger partial charge in [0.15, 0.2) is 6.10 Å². The average molecular weight is 431 g/mol. The van der Waals surface area contributed by atoms with E-state index in [0.29, 0.717) is 43.1 Å². The lowest BCUT2D eigenvalue weighted by Crippen LogP contribution is -2.46. The molecule has 0 radical (unpaired) electrons. The maximum absolute atomic E-state index is 12.8. The van der Waals surface area contributed by atoms with E-state index in [2.05, 4.69) is 5.32 Å². The second-order valence-corrected chi connectivity index (χ2v) is 7.63. The minimum Gasteiger partial charge on any atom is -0.492 e. The summed E-state index contributed by atoms with van der Waals surface area (Å²) in [6.07, 6.45) is 0.465. The quantitative estimate of drug-likeness (QED) is 0.573. The van der Waals surface area contributed by atoms with Crippen LogP contribution in [0.25, 0.3) is 0 Å². The van der Waals surface area contributed by atoms with Gasteiger partial charge < -0.3 is 19.7 Å². The number of hydrogen-bond donors (Lipinski definition) is 1. The van der Waals surface area contributed by atoms with Crippen LogP contribution in [-0.4, -0.2) is 31.1 Å². The fourth-order valence-electron chi connectivity index (χ4n) is 3.61. The van der Waals surface area contributed by atoms with E-state index < -0.39 is 6.10 Å². The van der Waals surface area contributed by atoms with Gasteiger partial charge in [-0.15, -0.1) is 0 Å². The first-order valence-electron chi connectivity index (χ1n) is 10.7. The van der Waals surface area contributed by atoms with E-state index in [1.54, 1.807) is 30.0 Å². The second kappa shape index (κ2) is 10.0. The van der Waals surface area contributed by atoms with Gasteiger partial charge in [-0.05, 0) is 49.2 Å². The van der Waals surface area contributed by atoms with Crippen molar-refractivity contribution >= 4 is 23.2 Å². The highest BCUT2D eigenvalue weighted by atomic mass is 16.5. The molecule has 0 saturated heterocycles. The maximum atomic E-state index is 12.8. The molecule has 2 amide bonds. The Bertz CT molecular complexity index is 1070. The van der Waals surface area contributed by atoms with Crippen LogP contribution in [0.4, 0.5) is 11.4 Å². The zero-order chi connectivity index (χ0) is 22.3. The largest absolute Gasteiger partial charge is 0.492 e. The zero-order valence-corrected chi connectivity index (χ0v) is 18.0. The Balaban J connectivity index is 1.42. The van der Waals surface area contributed by atoms with Crippen molar-refractivity contribution in [1.82, 2.24) is 0 Å². The SMILES string of the molecule is CC1Oc2ccc(NC(=O)CCc3ccccc3)cc2N(CCOc2ccccc2)C1=O. The molecular formula is C26H26N2O4. The third-order valence-electron chi connectivity index (χ3n) is 5.26. The number of ether oxygens (including phenoxy) is 2. The van der Waals surface area contributed by atoms with Crippen LogP contribution >= 0.6 is 0 Å². The number of carbonyl (C=O) groups is 2. The smallest absolute Gasteiger partial charge is 0.267 e.